The first-order valence-corrected chi connectivity index (χ1v) is 6.05. The minimum absolute atomic E-state index is 0.0347. The van der Waals surface area contributed by atoms with E-state index in [0.29, 0.717) is 11.1 Å². The molecule has 0 radical (unpaired) electrons. The van der Waals surface area contributed by atoms with Crippen molar-refractivity contribution in [3.8, 4) is 11.1 Å². The topological polar surface area (TPSA) is 87.5 Å². The molecule has 0 aliphatic rings. The minimum atomic E-state index is -1.33. The molecule has 6 heteroatoms. The highest BCUT2D eigenvalue weighted by Gasteiger charge is 2.20. The lowest BCUT2D eigenvalue weighted by atomic mass is 9.94. The van der Waals surface area contributed by atoms with E-state index in [-0.39, 0.29) is 22.3 Å². The average Bonchev–Trinajstić information content (AvgIpc) is 2.40. The maximum atomic E-state index is 13.9. The van der Waals surface area contributed by atoms with Crippen LogP contribution in [0.5, 0.6) is 0 Å². The first-order valence-electron chi connectivity index (χ1n) is 6.05. The second kappa shape index (κ2) is 5.32. The summed E-state index contributed by atoms with van der Waals surface area (Å²) in [7, 11) is 0. The van der Waals surface area contributed by atoms with E-state index >= 15 is 0 Å². The van der Waals surface area contributed by atoms with E-state index in [9.17, 15) is 19.1 Å². The van der Waals surface area contributed by atoms with Crippen LogP contribution >= 0.6 is 0 Å². The van der Waals surface area contributed by atoms with E-state index < -0.39 is 17.9 Å². The Bertz CT molecular complexity index is 756. The van der Waals surface area contributed by atoms with Gasteiger partial charge in [0, 0.05) is 17.3 Å². The van der Waals surface area contributed by atoms with Crippen molar-refractivity contribution in [1.82, 2.24) is 4.98 Å². The zero-order valence-electron chi connectivity index (χ0n) is 11.3. The predicted molar refractivity (Wildman–Crippen MR) is 73.0 cm³/mol. The van der Waals surface area contributed by atoms with Crippen LogP contribution in [0.15, 0.2) is 24.4 Å². The summed E-state index contributed by atoms with van der Waals surface area (Å²) in [4.78, 5) is 26.0. The highest BCUT2D eigenvalue weighted by Crippen LogP contribution is 2.29. The molecule has 0 saturated heterocycles. The van der Waals surface area contributed by atoms with E-state index in [1.165, 1.54) is 25.3 Å². The predicted octanol–water partition coefficient (Wildman–Crippen LogP) is 2.90. The Hall–Kier alpha value is -2.76. The molecule has 108 valence electrons. The lowest BCUT2D eigenvalue weighted by Crippen LogP contribution is -2.07. The van der Waals surface area contributed by atoms with Crippen molar-refractivity contribution < 1.29 is 24.2 Å². The number of carbonyl (C=O) groups is 2. The number of nitrogens with zero attached hydrogens (tertiary/aromatic N) is 1. The van der Waals surface area contributed by atoms with Crippen molar-refractivity contribution in [1.29, 1.82) is 0 Å². The Labute approximate surface area is 119 Å². The van der Waals surface area contributed by atoms with E-state index in [1.807, 2.05) is 0 Å². The van der Waals surface area contributed by atoms with Crippen molar-refractivity contribution in [2.45, 2.75) is 13.8 Å². The zero-order chi connectivity index (χ0) is 15.7. The molecule has 1 aromatic carbocycles. The van der Waals surface area contributed by atoms with Gasteiger partial charge in [0.05, 0.1) is 11.1 Å². The number of carboxylic acids is 2. The fraction of sp³-hybridized carbons (Fsp3) is 0.133. The maximum absolute atomic E-state index is 13.9. The van der Waals surface area contributed by atoms with Crippen molar-refractivity contribution in [2.24, 2.45) is 0 Å². The Morgan fingerprint density at radius 3 is 2.19 bits per heavy atom. The number of aromatic nitrogens is 1. The standard InChI is InChI=1S/C15H12FNO4/c1-7-3-11(13(16)17-6-7)10-4-8(2)9(14(18)19)5-12(10)15(20)21/h3-6H,1-2H3,(H,18,19)(H,20,21). The van der Waals surface area contributed by atoms with Gasteiger partial charge in [0.2, 0.25) is 5.95 Å². The molecule has 1 heterocycles. The molecule has 0 spiro atoms. The van der Waals surface area contributed by atoms with Crippen LogP contribution in [0.25, 0.3) is 11.1 Å². The summed E-state index contributed by atoms with van der Waals surface area (Å²) in [6.07, 6.45) is 1.33. The minimum Gasteiger partial charge on any atom is -0.478 e. The van der Waals surface area contributed by atoms with Gasteiger partial charge in [-0.1, -0.05) is 0 Å². The maximum Gasteiger partial charge on any atom is 0.336 e. The molecule has 0 fully saturated rings. The molecular weight excluding hydrogens is 277 g/mol. The fourth-order valence-electron chi connectivity index (χ4n) is 2.08. The van der Waals surface area contributed by atoms with Crippen LogP contribution in [0.2, 0.25) is 0 Å². The van der Waals surface area contributed by atoms with Crippen molar-refractivity contribution >= 4 is 11.9 Å². The number of hydrogen-bond donors (Lipinski definition) is 2. The van der Waals surface area contributed by atoms with Crippen LogP contribution in [0.4, 0.5) is 4.39 Å². The summed E-state index contributed by atoms with van der Waals surface area (Å²) in [6, 6.07) is 3.87. The number of halogens is 1. The van der Waals surface area contributed by atoms with Crippen molar-refractivity contribution in [3.05, 3.63) is 52.6 Å². The molecule has 0 atom stereocenters. The van der Waals surface area contributed by atoms with Gasteiger partial charge in [-0.3, -0.25) is 0 Å². The Morgan fingerprint density at radius 2 is 1.62 bits per heavy atom. The van der Waals surface area contributed by atoms with Gasteiger partial charge in [-0.2, -0.15) is 4.39 Å². The van der Waals surface area contributed by atoms with Gasteiger partial charge in [0.15, 0.2) is 0 Å². The number of hydrogen-bond acceptors (Lipinski definition) is 3. The zero-order valence-corrected chi connectivity index (χ0v) is 11.3. The van der Waals surface area contributed by atoms with E-state index in [0.717, 1.165) is 6.07 Å². The molecule has 0 aliphatic heterocycles. The average molecular weight is 289 g/mol. The number of aryl methyl sites for hydroxylation is 2. The van der Waals surface area contributed by atoms with Gasteiger partial charge >= 0.3 is 11.9 Å². The molecular formula is C15H12FNO4. The van der Waals surface area contributed by atoms with Crippen LogP contribution < -0.4 is 0 Å². The first-order chi connectivity index (χ1) is 9.81. The number of pyridine rings is 1. The highest BCUT2D eigenvalue weighted by atomic mass is 19.1. The lowest BCUT2D eigenvalue weighted by molar-refractivity contribution is 0.0695. The van der Waals surface area contributed by atoms with Gasteiger partial charge in [-0.15, -0.1) is 0 Å². The molecule has 2 rings (SSSR count). The van der Waals surface area contributed by atoms with Crippen molar-refractivity contribution in [2.75, 3.05) is 0 Å². The Morgan fingerprint density at radius 1 is 1.00 bits per heavy atom. The lowest BCUT2D eigenvalue weighted by Gasteiger charge is -2.11. The molecule has 5 nitrogen and oxygen atoms in total. The summed E-state index contributed by atoms with van der Waals surface area (Å²) in [6.45, 7) is 3.23. The second-order valence-electron chi connectivity index (χ2n) is 4.67. The van der Waals surface area contributed by atoms with E-state index in [2.05, 4.69) is 4.98 Å². The third-order valence-electron chi connectivity index (χ3n) is 3.09. The Kier molecular flexibility index (Phi) is 3.71. The first kappa shape index (κ1) is 14.6. The monoisotopic (exact) mass is 289 g/mol. The molecule has 0 amide bonds. The van der Waals surface area contributed by atoms with Crippen molar-refractivity contribution in [3.63, 3.8) is 0 Å². The number of benzene rings is 1. The normalized spacial score (nSPS) is 10.4. The Balaban J connectivity index is 2.79. The second-order valence-corrected chi connectivity index (χ2v) is 4.67. The summed E-state index contributed by atoms with van der Waals surface area (Å²) < 4.78 is 13.9. The summed E-state index contributed by atoms with van der Waals surface area (Å²) in [5, 5.41) is 18.3. The number of rotatable bonds is 3. The van der Waals surface area contributed by atoms with Crippen LogP contribution in [-0.4, -0.2) is 27.1 Å². The summed E-state index contributed by atoms with van der Waals surface area (Å²) >= 11 is 0. The molecule has 2 N–H and O–H groups in total. The number of aromatic carboxylic acids is 2. The third kappa shape index (κ3) is 2.74. The van der Waals surface area contributed by atoms with Gasteiger partial charge in [0.25, 0.3) is 0 Å². The quantitative estimate of drug-likeness (QED) is 0.848. The van der Waals surface area contributed by atoms with Gasteiger partial charge in [0.1, 0.15) is 0 Å². The smallest absolute Gasteiger partial charge is 0.336 e. The number of carboxylic acid groups (broad SMARTS) is 2. The summed E-state index contributed by atoms with van der Waals surface area (Å²) in [5.41, 5.74) is 0.763. The molecule has 21 heavy (non-hydrogen) atoms. The molecule has 0 aliphatic carbocycles. The van der Waals surface area contributed by atoms with Crippen LogP contribution in [0, 0.1) is 19.8 Å². The van der Waals surface area contributed by atoms with Crippen LogP contribution in [-0.2, 0) is 0 Å². The largest absolute Gasteiger partial charge is 0.478 e. The fourth-order valence-corrected chi connectivity index (χ4v) is 2.08. The summed E-state index contributed by atoms with van der Waals surface area (Å²) in [5.74, 6) is -3.36. The van der Waals surface area contributed by atoms with Gasteiger partial charge in [-0.05, 0) is 43.2 Å². The van der Waals surface area contributed by atoms with Crippen LogP contribution in [0.1, 0.15) is 31.8 Å². The van der Waals surface area contributed by atoms with Gasteiger partial charge in [-0.25, -0.2) is 14.6 Å². The van der Waals surface area contributed by atoms with Gasteiger partial charge < -0.3 is 10.2 Å². The SMILES string of the molecule is Cc1cnc(F)c(-c2cc(C)c(C(=O)O)cc2C(=O)O)c1. The van der Waals surface area contributed by atoms with E-state index in [1.54, 1.807) is 6.92 Å². The van der Waals surface area contributed by atoms with E-state index in [4.69, 9.17) is 5.11 Å². The molecule has 0 bridgehead atoms. The molecule has 1 aromatic heterocycles. The third-order valence-corrected chi connectivity index (χ3v) is 3.09. The van der Waals surface area contributed by atoms with Crippen LogP contribution in [0.3, 0.4) is 0 Å². The molecule has 0 saturated carbocycles. The highest BCUT2D eigenvalue weighted by molar-refractivity contribution is 6.00. The molecule has 2 aromatic rings. The molecule has 0 unspecified atom stereocenters.